The quantitative estimate of drug-likeness (QED) is 0.332. The summed E-state index contributed by atoms with van der Waals surface area (Å²) >= 11 is 0. The van der Waals surface area contributed by atoms with Crippen LogP contribution in [0.1, 0.15) is 29.5 Å². The summed E-state index contributed by atoms with van der Waals surface area (Å²) in [6.07, 6.45) is -2.27. The number of allylic oxidation sites excluding steroid dienone is 4. The Kier molecular flexibility index (Phi) is 5.24. The first-order chi connectivity index (χ1) is 15.5. The van der Waals surface area contributed by atoms with Crippen molar-refractivity contribution in [3.8, 4) is 0 Å². The van der Waals surface area contributed by atoms with E-state index in [0.29, 0.717) is 25.0 Å². The normalized spacial score (nSPS) is 17.7. The molecule has 2 aliphatic rings. The van der Waals surface area contributed by atoms with Crippen molar-refractivity contribution in [3.63, 3.8) is 0 Å². The molecule has 2 aromatic carbocycles. The Bertz CT molecular complexity index is 1330. The lowest BCUT2D eigenvalue weighted by Gasteiger charge is -2.17. The zero-order valence-corrected chi connectivity index (χ0v) is 17.2. The van der Waals surface area contributed by atoms with E-state index in [1.54, 1.807) is 0 Å². The van der Waals surface area contributed by atoms with Crippen molar-refractivity contribution >= 4 is 21.0 Å². The smallest absolute Gasteiger partial charge is 0.214 e. The maximum Gasteiger partial charge on any atom is 0.501 e. The van der Waals surface area contributed by atoms with E-state index in [0.717, 1.165) is 12.1 Å². The molecule has 0 atom stereocenters. The molecule has 0 radical (unpaired) electrons. The molecular weight excluding hydrogens is 506 g/mol. The van der Waals surface area contributed by atoms with Gasteiger partial charge in [0.05, 0.1) is 10.5 Å². The number of halogens is 10. The number of sulfone groups is 1. The molecule has 0 saturated heterocycles. The first-order valence-electron chi connectivity index (χ1n) is 9.31. The minimum Gasteiger partial charge on any atom is -0.214 e. The van der Waals surface area contributed by atoms with Gasteiger partial charge in [-0.2, -0.15) is 26.3 Å². The molecule has 1 fully saturated rings. The molecule has 0 amide bonds. The summed E-state index contributed by atoms with van der Waals surface area (Å²) in [5, 5.41) is 0. The van der Waals surface area contributed by atoms with Crippen LogP contribution >= 0.6 is 0 Å². The number of rotatable bonds is 3. The van der Waals surface area contributed by atoms with Crippen LogP contribution in [0.5, 0.6) is 0 Å². The maximum absolute atomic E-state index is 14.6. The van der Waals surface area contributed by atoms with Crippen molar-refractivity contribution in [3.05, 3.63) is 76.4 Å². The first kappa shape index (κ1) is 24.3. The van der Waals surface area contributed by atoms with Crippen molar-refractivity contribution in [1.82, 2.24) is 0 Å². The topological polar surface area (TPSA) is 34.1 Å². The zero-order chi connectivity index (χ0) is 25.4. The van der Waals surface area contributed by atoms with Crippen LogP contribution in [0.3, 0.4) is 0 Å². The second-order valence-electron chi connectivity index (χ2n) is 7.83. The van der Waals surface area contributed by atoms with Gasteiger partial charge in [-0.25, -0.2) is 26.0 Å². The number of alkyl halides is 6. The van der Waals surface area contributed by atoms with Crippen LogP contribution in [0.25, 0.3) is 11.1 Å². The highest BCUT2D eigenvalue weighted by molar-refractivity contribution is 7.92. The van der Waals surface area contributed by atoms with E-state index >= 15 is 0 Å². The van der Waals surface area contributed by atoms with Crippen molar-refractivity contribution in [1.29, 1.82) is 0 Å². The monoisotopic (exact) mass is 516 g/mol. The molecule has 2 aromatic rings. The van der Waals surface area contributed by atoms with Gasteiger partial charge in [-0.15, -0.1) is 0 Å². The maximum atomic E-state index is 14.6. The third-order valence-electron chi connectivity index (χ3n) is 5.58. The van der Waals surface area contributed by atoms with E-state index < -0.39 is 71.8 Å². The summed E-state index contributed by atoms with van der Waals surface area (Å²) in [6, 6.07) is 2.92. The fraction of sp³-hybridized carbons (Fsp3) is 0.238. The molecule has 2 aliphatic carbocycles. The molecular formula is C21H10F10O2S. The van der Waals surface area contributed by atoms with Gasteiger partial charge in [0.2, 0.25) is 0 Å². The van der Waals surface area contributed by atoms with E-state index in [1.807, 2.05) is 0 Å². The lowest BCUT2D eigenvalue weighted by atomic mass is 9.93. The molecule has 0 heterocycles. The van der Waals surface area contributed by atoms with E-state index in [2.05, 4.69) is 0 Å². The SMILES string of the molecule is O=S(=O)(c1ccc(C2=CC3(C=C2c2c(F)c(F)c(C(F)(F)F)c(F)c2F)CC3)cc1)C(F)(F)F. The molecule has 13 heteroatoms. The largest absolute Gasteiger partial charge is 0.501 e. The minimum absolute atomic E-state index is 0.0735. The number of hydrogen-bond donors (Lipinski definition) is 0. The molecule has 4 rings (SSSR count). The Morgan fingerprint density at radius 1 is 0.706 bits per heavy atom. The van der Waals surface area contributed by atoms with Gasteiger partial charge >= 0.3 is 11.7 Å². The van der Waals surface area contributed by atoms with Gasteiger partial charge in [0, 0.05) is 5.41 Å². The highest BCUT2D eigenvalue weighted by Gasteiger charge is 2.48. The molecule has 0 N–H and O–H groups in total. The van der Waals surface area contributed by atoms with Crippen molar-refractivity contribution in [2.24, 2.45) is 5.41 Å². The van der Waals surface area contributed by atoms with Crippen molar-refractivity contribution in [2.75, 3.05) is 0 Å². The van der Waals surface area contributed by atoms with Crippen LogP contribution in [-0.4, -0.2) is 13.9 Å². The van der Waals surface area contributed by atoms with Crippen LogP contribution in [-0.2, 0) is 16.0 Å². The Morgan fingerprint density at radius 2 is 1.18 bits per heavy atom. The van der Waals surface area contributed by atoms with Gasteiger partial charge in [0.15, 0.2) is 23.3 Å². The standard InChI is InChI=1S/C21H10F10O2S/c22-15-13(16(23)18(25)14(17(15)24)20(26,27)28)12-8-19(5-6-19)7-11(12)9-1-3-10(4-2-9)34(32,33)21(29,30)31/h1-4,7-8H,5-6H2. The van der Waals surface area contributed by atoms with Crippen LogP contribution in [0.15, 0.2) is 41.3 Å². The van der Waals surface area contributed by atoms with Gasteiger partial charge < -0.3 is 0 Å². The summed E-state index contributed by atoms with van der Waals surface area (Å²) in [6.45, 7) is 0. The summed E-state index contributed by atoms with van der Waals surface area (Å²) in [5.74, 6) is -9.88. The Balaban J connectivity index is 1.85. The van der Waals surface area contributed by atoms with E-state index in [1.165, 1.54) is 12.2 Å². The van der Waals surface area contributed by atoms with Crippen LogP contribution in [0.4, 0.5) is 43.9 Å². The summed E-state index contributed by atoms with van der Waals surface area (Å²) in [7, 11) is -5.70. The van der Waals surface area contributed by atoms with E-state index in [4.69, 9.17) is 0 Å². The highest BCUT2D eigenvalue weighted by atomic mass is 32.2. The van der Waals surface area contributed by atoms with Gasteiger partial charge in [0.1, 0.15) is 5.56 Å². The predicted octanol–water partition coefficient (Wildman–Crippen LogP) is 6.82. The predicted molar refractivity (Wildman–Crippen MR) is 98.6 cm³/mol. The van der Waals surface area contributed by atoms with Gasteiger partial charge in [-0.1, -0.05) is 24.3 Å². The summed E-state index contributed by atoms with van der Waals surface area (Å²) in [4.78, 5) is -1.13. The molecule has 0 aromatic heterocycles. The third-order valence-corrected chi connectivity index (χ3v) is 7.08. The Morgan fingerprint density at radius 3 is 1.59 bits per heavy atom. The molecule has 34 heavy (non-hydrogen) atoms. The zero-order valence-electron chi connectivity index (χ0n) is 16.4. The molecule has 0 bridgehead atoms. The molecule has 1 saturated carbocycles. The van der Waals surface area contributed by atoms with Crippen LogP contribution < -0.4 is 0 Å². The Labute approximate surface area is 185 Å². The summed E-state index contributed by atoms with van der Waals surface area (Å²) in [5.41, 5.74) is -11.3. The third kappa shape index (κ3) is 3.69. The molecule has 0 unspecified atom stereocenters. The lowest BCUT2D eigenvalue weighted by Crippen LogP contribution is -2.23. The van der Waals surface area contributed by atoms with E-state index in [-0.39, 0.29) is 11.1 Å². The van der Waals surface area contributed by atoms with Crippen LogP contribution in [0, 0.1) is 28.7 Å². The molecule has 0 aliphatic heterocycles. The molecule has 182 valence electrons. The fourth-order valence-electron chi connectivity index (χ4n) is 3.72. The van der Waals surface area contributed by atoms with Crippen molar-refractivity contribution < 1.29 is 52.3 Å². The van der Waals surface area contributed by atoms with E-state index in [9.17, 15) is 52.3 Å². The second-order valence-corrected chi connectivity index (χ2v) is 9.77. The van der Waals surface area contributed by atoms with Crippen molar-refractivity contribution in [2.45, 2.75) is 29.4 Å². The Hall–Kier alpha value is -2.83. The number of hydrogen-bond acceptors (Lipinski definition) is 2. The average molecular weight is 516 g/mol. The fourth-order valence-corrected chi connectivity index (χ4v) is 4.48. The second kappa shape index (κ2) is 7.33. The average Bonchev–Trinajstić information content (AvgIpc) is 3.37. The highest BCUT2D eigenvalue weighted by Crippen LogP contribution is 2.58. The molecule has 2 nitrogen and oxygen atoms in total. The summed E-state index contributed by atoms with van der Waals surface area (Å²) < 4.78 is 158. The first-order valence-corrected chi connectivity index (χ1v) is 10.8. The molecule has 1 spiro atoms. The lowest BCUT2D eigenvalue weighted by molar-refractivity contribution is -0.143. The number of benzene rings is 2. The van der Waals surface area contributed by atoms with Gasteiger partial charge in [-0.3, -0.25) is 0 Å². The van der Waals surface area contributed by atoms with Crippen LogP contribution in [0.2, 0.25) is 0 Å². The van der Waals surface area contributed by atoms with Gasteiger partial charge in [-0.05, 0) is 41.7 Å². The van der Waals surface area contributed by atoms with Gasteiger partial charge in [0.25, 0.3) is 9.84 Å². The minimum atomic E-state index is -5.73.